The van der Waals surface area contributed by atoms with Crippen molar-refractivity contribution in [1.29, 1.82) is 0 Å². The summed E-state index contributed by atoms with van der Waals surface area (Å²) in [6, 6.07) is 12.9. The van der Waals surface area contributed by atoms with Crippen LogP contribution in [0.1, 0.15) is 27.9 Å². The molecule has 2 aromatic rings. The van der Waals surface area contributed by atoms with Crippen LogP contribution >= 0.6 is 0 Å². The third-order valence-corrected chi connectivity index (χ3v) is 5.52. The molecule has 1 fully saturated rings. The molecule has 2 heterocycles. The van der Waals surface area contributed by atoms with Crippen molar-refractivity contribution in [2.45, 2.75) is 32.1 Å². The minimum absolute atomic E-state index is 0.0227. The summed E-state index contributed by atoms with van der Waals surface area (Å²) in [5.41, 5.74) is 2.40. The van der Waals surface area contributed by atoms with Crippen molar-refractivity contribution in [2.75, 3.05) is 26.7 Å². The number of rotatable bonds is 0. The van der Waals surface area contributed by atoms with Gasteiger partial charge in [-0.1, -0.05) is 18.2 Å². The summed E-state index contributed by atoms with van der Waals surface area (Å²) in [5, 5.41) is 6.33. The molecule has 0 aliphatic carbocycles. The number of nitrogens with zero attached hydrogens (tertiary/aromatic N) is 1. The van der Waals surface area contributed by atoms with Gasteiger partial charge in [0, 0.05) is 19.2 Å². The van der Waals surface area contributed by atoms with Crippen LogP contribution in [0.2, 0.25) is 0 Å². The number of likely N-dealkylation sites (N-methyl/N-ethyl adjacent to an activating group) is 1. The molecule has 158 valence electrons. The molecule has 2 aliphatic rings. The SMILES string of the molecule is Cc1ccc2cc1Oc1cccc(c1)CO[C@@H]1CCNC[C@@H]1NC(=O)CN(C)C2=O. The molecule has 2 aliphatic heterocycles. The second-order valence-corrected chi connectivity index (χ2v) is 7.91. The van der Waals surface area contributed by atoms with Gasteiger partial charge < -0.3 is 25.0 Å². The van der Waals surface area contributed by atoms with E-state index in [-0.39, 0.29) is 30.5 Å². The zero-order valence-corrected chi connectivity index (χ0v) is 17.3. The standard InChI is InChI=1S/C23H27N3O4/c1-15-6-7-17-11-21(15)30-18-5-3-4-16(10-18)14-29-20-8-9-24-12-19(20)25-22(27)13-26(2)23(17)28/h3-7,10-11,19-20,24H,8-9,12-14H2,1-2H3,(H,25,27)/t19-,20+/m0/s1. The summed E-state index contributed by atoms with van der Waals surface area (Å²) < 4.78 is 12.2. The highest BCUT2D eigenvalue weighted by molar-refractivity contribution is 5.96. The number of aryl methyl sites for hydroxylation is 1. The van der Waals surface area contributed by atoms with Gasteiger partial charge in [0.05, 0.1) is 25.3 Å². The maximum absolute atomic E-state index is 12.9. The Labute approximate surface area is 176 Å². The van der Waals surface area contributed by atoms with Crippen molar-refractivity contribution < 1.29 is 19.1 Å². The Morgan fingerprint density at radius 2 is 2.00 bits per heavy atom. The van der Waals surface area contributed by atoms with Crippen molar-refractivity contribution in [3.8, 4) is 11.5 Å². The number of fused-ring (bicyclic) bond motifs is 5. The van der Waals surface area contributed by atoms with Gasteiger partial charge in [-0.25, -0.2) is 0 Å². The predicted octanol–water partition coefficient (Wildman–Crippen LogP) is 2.24. The average molecular weight is 409 g/mol. The zero-order valence-electron chi connectivity index (χ0n) is 17.3. The Balaban J connectivity index is 1.67. The van der Waals surface area contributed by atoms with E-state index in [2.05, 4.69) is 10.6 Å². The Morgan fingerprint density at radius 1 is 1.13 bits per heavy atom. The fourth-order valence-electron chi connectivity index (χ4n) is 3.81. The van der Waals surface area contributed by atoms with E-state index in [1.165, 1.54) is 4.90 Å². The van der Waals surface area contributed by atoms with Crippen molar-refractivity contribution in [3.05, 3.63) is 59.2 Å². The summed E-state index contributed by atoms with van der Waals surface area (Å²) in [6.07, 6.45) is 0.711. The number of amides is 2. The molecule has 4 rings (SSSR count). The second kappa shape index (κ2) is 8.85. The van der Waals surface area contributed by atoms with Crippen LogP contribution in [0.4, 0.5) is 0 Å². The van der Waals surface area contributed by atoms with Gasteiger partial charge in [-0.05, 0) is 55.3 Å². The van der Waals surface area contributed by atoms with Gasteiger partial charge in [-0.15, -0.1) is 0 Å². The maximum Gasteiger partial charge on any atom is 0.254 e. The third-order valence-electron chi connectivity index (χ3n) is 5.52. The van der Waals surface area contributed by atoms with Gasteiger partial charge in [0.15, 0.2) is 0 Å². The van der Waals surface area contributed by atoms with Crippen molar-refractivity contribution >= 4 is 11.8 Å². The van der Waals surface area contributed by atoms with Crippen LogP contribution in [0.3, 0.4) is 0 Å². The molecular weight excluding hydrogens is 382 g/mol. The van der Waals surface area contributed by atoms with Crippen LogP contribution in [0.15, 0.2) is 42.5 Å². The fourth-order valence-corrected chi connectivity index (χ4v) is 3.81. The molecule has 7 nitrogen and oxygen atoms in total. The molecule has 2 N–H and O–H groups in total. The number of hydrogen-bond donors (Lipinski definition) is 2. The van der Waals surface area contributed by atoms with Crippen molar-refractivity contribution in [3.63, 3.8) is 0 Å². The quantitative estimate of drug-likeness (QED) is 0.698. The summed E-state index contributed by atoms with van der Waals surface area (Å²) in [5.74, 6) is 0.873. The summed E-state index contributed by atoms with van der Waals surface area (Å²) in [4.78, 5) is 26.9. The number of benzene rings is 2. The lowest BCUT2D eigenvalue weighted by Gasteiger charge is -2.33. The predicted molar refractivity (Wildman–Crippen MR) is 113 cm³/mol. The summed E-state index contributed by atoms with van der Waals surface area (Å²) in [7, 11) is 1.63. The van der Waals surface area contributed by atoms with Gasteiger partial charge in [0.25, 0.3) is 5.91 Å². The van der Waals surface area contributed by atoms with E-state index in [0.29, 0.717) is 30.2 Å². The molecule has 1 saturated heterocycles. The van der Waals surface area contributed by atoms with Crippen LogP contribution in [0.25, 0.3) is 0 Å². The molecule has 2 aromatic carbocycles. The molecule has 4 bridgehead atoms. The monoisotopic (exact) mass is 409 g/mol. The third kappa shape index (κ3) is 4.63. The molecule has 0 aromatic heterocycles. The molecule has 2 atom stereocenters. The van der Waals surface area contributed by atoms with Gasteiger partial charge in [-0.3, -0.25) is 9.59 Å². The first-order valence-corrected chi connectivity index (χ1v) is 10.2. The first-order valence-electron chi connectivity index (χ1n) is 10.2. The number of nitrogens with one attached hydrogen (secondary N) is 2. The van der Waals surface area contributed by atoms with E-state index in [9.17, 15) is 9.59 Å². The lowest BCUT2D eigenvalue weighted by atomic mass is 10.0. The van der Waals surface area contributed by atoms with Crippen LogP contribution in [0, 0.1) is 6.92 Å². The number of carbonyl (C=O) groups is 2. The topological polar surface area (TPSA) is 79.9 Å². The van der Waals surface area contributed by atoms with Crippen LogP contribution < -0.4 is 15.4 Å². The van der Waals surface area contributed by atoms with Crippen LogP contribution in [-0.2, 0) is 16.1 Å². The largest absolute Gasteiger partial charge is 0.457 e. The van der Waals surface area contributed by atoms with Crippen molar-refractivity contribution in [1.82, 2.24) is 15.5 Å². The summed E-state index contributed by atoms with van der Waals surface area (Å²) >= 11 is 0. The molecule has 2 amide bonds. The molecule has 0 unspecified atom stereocenters. The number of hydrogen-bond acceptors (Lipinski definition) is 5. The van der Waals surface area contributed by atoms with Gasteiger partial charge in [0.2, 0.25) is 5.91 Å². The Morgan fingerprint density at radius 3 is 2.87 bits per heavy atom. The highest BCUT2D eigenvalue weighted by Gasteiger charge is 2.28. The highest BCUT2D eigenvalue weighted by Crippen LogP contribution is 2.28. The van der Waals surface area contributed by atoms with E-state index in [0.717, 1.165) is 24.1 Å². The first kappa shape index (κ1) is 20.4. The first-order chi connectivity index (χ1) is 14.5. The molecule has 0 spiro atoms. The zero-order chi connectivity index (χ0) is 21.1. The lowest BCUT2D eigenvalue weighted by Crippen LogP contribution is -2.56. The molecule has 0 saturated carbocycles. The minimum atomic E-state index is -0.231. The Kier molecular flexibility index (Phi) is 6.01. The number of carbonyl (C=O) groups excluding carboxylic acids is 2. The summed E-state index contributed by atoms with van der Waals surface area (Å²) in [6.45, 7) is 3.82. The second-order valence-electron chi connectivity index (χ2n) is 7.91. The molecule has 0 radical (unpaired) electrons. The van der Waals surface area contributed by atoms with Crippen LogP contribution in [0.5, 0.6) is 11.5 Å². The number of piperidine rings is 1. The Bertz CT molecular complexity index is 946. The van der Waals surface area contributed by atoms with E-state index in [1.54, 1.807) is 19.2 Å². The lowest BCUT2D eigenvalue weighted by molar-refractivity contribution is -0.124. The minimum Gasteiger partial charge on any atom is -0.457 e. The maximum atomic E-state index is 12.9. The van der Waals surface area contributed by atoms with Gasteiger partial charge >= 0.3 is 0 Å². The van der Waals surface area contributed by atoms with Crippen molar-refractivity contribution in [2.24, 2.45) is 0 Å². The van der Waals surface area contributed by atoms with Crippen LogP contribution in [-0.4, -0.2) is 55.5 Å². The number of ether oxygens (including phenoxy) is 2. The normalized spacial score (nSPS) is 22.7. The van der Waals surface area contributed by atoms with E-state index in [1.807, 2.05) is 37.3 Å². The van der Waals surface area contributed by atoms with Gasteiger partial charge in [-0.2, -0.15) is 0 Å². The molecule has 30 heavy (non-hydrogen) atoms. The van der Waals surface area contributed by atoms with Gasteiger partial charge in [0.1, 0.15) is 11.5 Å². The van der Waals surface area contributed by atoms with E-state index >= 15 is 0 Å². The smallest absolute Gasteiger partial charge is 0.254 e. The molecular formula is C23H27N3O4. The fraction of sp³-hybridized carbons (Fsp3) is 0.391. The highest BCUT2D eigenvalue weighted by atomic mass is 16.5. The Hall–Kier alpha value is -2.90. The van der Waals surface area contributed by atoms with E-state index in [4.69, 9.17) is 9.47 Å². The average Bonchev–Trinajstić information content (AvgIpc) is 2.74. The van der Waals surface area contributed by atoms with E-state index < -0.39 is 0 Å². The molecule has 7 heteroatoms.